The van der Waals surface area contributed by atoms with E-state index in [2.05, 4.69) is 43.0 Å². The lowest BCUT2D eigenvalue weighted by molar-refractivity contribution is 0.135. The monoisotopic (exact) mass is 462 g/mol. The molecular weight excluding hydrogens is 400 g/mol. The zero-order valence-corrected chi connectivity index (χ0v) is 23.3. The van der Waals surface area contributed by atoms with Crippen LogP contribution in [0.25, 0.3) is 0 Å². The first-order chi connectivity index (χ1) is 16.3. The summed E-state index contributed by atoms with van der Waals surface area (Å²) in [6, 6.07) is 0. The molecule has 0 bridgehead atoms. The van der Waals surface area contributed by atoms with Crippen molar-refractivity contribution in [2.45, 2.75) is 175 Å². The van der Waals surface area contributed by atoms with Gasteiger partial charge in [-0.3, -0.25) is 0 Å². The molecule has 196 valence electrons. The predicted molar refractivity (Wildman–Crippen MR) is 150 cm³/mol. The summed E-state index contributed by atoms with van der Waals surface area (Å²) in [6.45, 7) is 9.45. The molecule has 0 aromatic rings. The van der Waals surface area contributed by atoms with Gasteiger partial charge in [0.05, 0.1) is 0 Å². The van der Waals surface area contributed by atoms with Crippen LogP contribution in [0.1, 0.15) is 168 Å². The third-order valence-corrected chi connectivity index (χ3v) is 7.57. The highest BCUT2D eigenvalue weighted by Crippen LogP contribution is 2.23. The molecule has 1 heterocycles. The van der Waals surface area contributed by atoms with Crippen LogP contribution in [-0.4, -0.2) is 29.1 Å². The molecule has 0 radical (unpaired) electrons. The average Bonchev–Trinajstić information content (AvgIpc) is 3.21. The number of rotatable bonds is 25. The first kappa shape index (κ1) is 30.4. The SMILES string of the molecule is CCCCCCCCCCCCCCCN1C=CN(CCCCCC)C1CCCCCCC. The summed E-state index contributed by atoms with van der Waals surface area (Å²) in [5, 5.41) is 0. The maximum Gasteiger partial charge on any atom is 0.101 e. The van der Waals surface area contributed by atoms with E-state index in [4.69, 9.17) is 0 Å². The first-order valence-corrected chi connectivity index (χ1v) is 15.5. The van der Waals surface area contributed by atoms with Crippen LogP contribution in [0, 0.1) is 0 Å². The predicted octanol–water partition coefficient (Wildman–Crippen LogP) is 10.4. The third-order valence-electron chi connectivity index (χ3n) is 7.57. The van der Waals surface area contributed by atoms with Crippen molar-refractivity contribution in [2.24, 2.45) is 0 Å². The van der Waals surface area contributed by atoms with E-state index in [0.717, 1.165) is 0 Å². The van der Waals surface area contributed by atoms with Crippen LogP contribution in [0.2, 0.25) is 0 Å². The molecule has 1 unspecified atom stereocenters. The van der Waals surface area contributed by atoms with Crippen molar-refractivity contribution in [1.29, 1.82) is 0 Å². The molecule has 1 aliphatic heterocycles. The Morgan fingerprint density at radius 3 is 1.09 bits per heavy atom. The maximum absolute atomic E-state index is 2.68. The molecule has 0 aromatic heterocycles. The maximum atomic E-state index is 2.68. The van der Waals surface area contributed by atoms with Gasteiger partial charge in [-0.15, -0.1) is 0 Å². The molecule has 1 aliphatic rings. The van der Waals surface area contributed by atoms with E-state index >= 15 is 0 Å². The van der Waals surface area contributed by atoms with E-state index in [1.54, 1.807) is 0 Å². The molecule has 0 aliphatic carbocycles. The van der Waals surface area contributed by atoms with Crippen molar-refractivity contribution < 1.29 is 0 Å². The molecule has 0 spiro atoms. The summed E-state index contributed by atoms with van der Waals surface area (Å²) in [5.74, 6) is 0. The zero-order valence-electron chi connectivity index (χ0n) is 23.3. The van der Waals surface area contributed by atoms with E-state index in [1.807, 2.05) is 0 Å². The van der Waals surface area contributed by atoms with E-state index in [-0.39, 0.29) is 0 Å². The van der Waals surface area contributed by atoms with Gasteiger partial charge < -0.3 is 9.80 Å². The second kappa shape index (κ2) is 23.1. The molecular formula is C31H62N2. The largest absolute Gasteiger partial charge is 0.356 e. The van der Waals surface area contributed by atoms with Gasteiger partial charge in [0.2, 0.25) is 0 Å². The molecule has 0 N–H and O–H groups in total. The third kappa shape index (κ3) is 16.6. The van der Waals surface area contributed by atoms with Crippen LogP contribution in [-0.2, 0) is 0 Å². The second-order valence-electron chi connectivity index (χ2n) is 10.8. The van der Waals surface area contributed by atoms with Crippen molar-refractivity contribution in [3.63, 3.8) is 0 Å². The number of nitrogens with zero attached hydrogens (tertiary/aromatic N) is 2. The Morgan fingerprint density at radius 2 is 0.697 bits per heavy atom. The van der Waals surface area contributed by atoms with Crippen LogP contribution >= 0.6 is 0 Å². The van der Waals surface area contributed by atoms with Crippen molar-refractivity contribution in [2.75, 3.05) is 13.1 Å². The Balaban J connectivity index is 2.13. The Labute approximate surface area is 210 Å². The summed E-state index contributed by atoms with van der Waals surface area (Å²) in [6.07, 6.45) is 38.0. The van der Waals surface area contributed by atoms with Gasteiger partial charge in [-0.25, -0.2) is 0 Å². The van der Waals surface area contributed by atoms with Gasteiger partial charge in [0.25, 0.3) is 0 Å². The second-order valence-corrected chi connectivity index (χ2v) is 10.8. The van der Waals surface area contributed by atoms with E-state index in [0.29, 0.717) is 6.17 Å². The van der Waals surface area contributed by atoms with Gasteiger partial charge in [0, 0.05) is 25.5 Å². The Kier molecular flexibility index (Phi) is 21.3. The molecule has 0 fully saturated rings. The van der Waals surface area contributed by atoms with Crippen molar-refractivity contribution in [3.05, 3.63) is 12.4 Å². The quantitative estimate of drug-likeness (QED) is 0.124. The van der Waals surface area contributed by atoms with Gasteiger partial charge in [-0.2, -0.15) is 0 Å². The lowest BCUT2D eigenvalue weighted by Gasteiger charge is -2.33. The van der Waals surface area contributed by atoms with Crippen molar-refractivity contribution in [3.8, 4) is 0 Å². The summed E-state index contributed by atoms with van der Waals surface area (Å²) in [4.78, 5) is 5.34. The average molecular weight is 463 g/mol. The molecule has 0 saturated heterocycles. The molecule has 2 nitrogen and oxygen atoms in total. The standard InChI is InChI=1S/C31H62N2/c1-4-7-10-13-14-15-16-17-18-19-20-22-25-28-33-30-29-32(27-24-12-9-6-3)31(33)26-23-21-11-8-5-2/h29-31H,4-28H2,1-3H3. The van der Waals surface area contributed by atoms with Crippen LogP contribution in [0.4, 0.5) is 0 Å². The zero-order chi connectivity index (χ0) is 23.8. The summed E-state index contributed by atoms with van der Waals surface area (Å²) >= 11 is 0. The number of hydrogen-bond donors (Lipinski definition) is 0. The lowest BCUT2D eigenvalue weighted by atomic mass is 10.0. The topological polar surface area (TPSA) is 6.48 Å². The molecule has 0 saturated carbocycles. The van der Waals surface area contributed by atoms with Crippen molar-refractivity contribution >= 4 is 0 Å². The highest BCUT2D eigenvalue weighted by molar-refractivity contribution is 4.97. The number of unbranched alkanes of at least 4 members (excludes halogenated alkanes) is 19. The summed E-state index contributed by atoms with van der Waals surface area (Å²) < 4.78 is 0. The lowest BCUT2D eigenvalue weighted by Crippen LogP contribution is -2.39. The van der Waals surface area contributed by atoms with Crippen LogP contribution in [0.15, 0.2) is 12.4 Å². The van der Waals surface area contributed by atoms with Gasteiger partial charge in [0.1, 0.15) is 6.17 Å². The van der Waals surface area contributed by atoms with Gasteiger partial charge >= 0.3 is 0 Å². The fourth-order valence-electron chi connectivity index (χ4n) is 5.30. The molecule has 33 heavy (non-hydrogen) atoms. The van der Waals surface area contributed by atoms with Crippen LogP contribution in [0.5, 0.6) is 0 Å². The Bertz CT molecular complexity index is 419. The highest BCUT2D eigenvalue weighted by Gasteiger charge is 2.24. The Morgan fingerprint density at radius 1 is 0.394 bits per heavy atom. The molecule has 0 amide bonds. The highest BCUT2D eigenvalue weighted by atomic mass is 15.4. The van der Waals surface area contributed by atoms with Gasteiger partial charge in [-0.1, -0.05) is 143 Å². The fourth-order valence-corrected chi connectivity index (χ4v) is 5.30. The van der Waals surface area contributed by atoms with Gasteiger partial charge in [-0.05, 0) is 25.7 Å². The molecule has 0 aromatic carbocycles. The van der Waals surface area contributed by atoms with E-state index in [9.17, 15) is 0 Å². The minimum absolute atomic E-state index is 0.644. The van der Waals surface area contributed by atoms with Crippen molar-refractivity contribution in [1.82, 2.24) is 9.80 Å². The van der Waals surface area contributed by atoms with Crippen LogP contribution < -0.4 is 0 Å². The minimum Gasteiger partial charge on any atom is -0.356 e. The Hall–Kier alpha value is -0.660. The van der Waals surface area contributed by atoms with Crippen LogP contribution in [0.3, 0.4) is 0 Å². The molecule has 2 heteroatoms. The number of hydrogen-bond acceptors (Lipinski definition) is 2. The summed E-state index contributed by atoms with van der Waals surface area (Å²) in [5.41, 5.74) is 0. The molecule has 1 atom stereocenters. The normalized spacial score (nSPS) is 15.8. The van der Waals surface area contributed by atoms with E-state index in [1.165, 1.54) is 161 Å². The minimum atomic E-state index is 0.644. The fraction of sp³-hybridized carbons (Fsp3) is 0.935. The molecule has 1 rings (SSSR count). The van der Waals surface area contributed by atoms with Gasteiger partial charge in [0.15, 0.2) is 0 Å². The first-order valence-electron chi connectivity index (χ1n) is 15.5. The smallest absolute Gasteiger partial charge is 0.101 e. The summed E-state index contributed by atoms with van der Waals surface area (Å²) in [7, 11) is 0. The van der Waals surface area contributed by atoms with E-state index < -0.39 is 0 Å².